The average Bonchev–Trinajstić information content (AvgIpc) is 2.93. The molecule has 7 heteroatoms. The Labute approximate surface area is 129 Å². The highest BCUT2D eigenvalue weighted by atomic mass is 35.5. The molecule has 1 aromatic rings. The molecule has 21 heavy (non-hydrogen) atoms. The topological polar surface area (TPSA) is 93.5 Å². The van der Waals surface area contributed by atoms with E-state index in [0.29, 0.717) is 13.0 Å². The summed E-state index contributed by atoms with van der Waals surface area (Å²) in [4.78, 5) is 22.6. The van der Waals surface area contributed by atoms with E-state index in [1.807, 2.05) is 30.3 Å². The van der Waals surface area contributed by atoms with Crippen molar-refractivity contribution in [2.75, 3.05) is 18.4 Å². The lowest BCUT2D eigenvalue weighted by molar-refractivity contribution is -0.128. The van der Waals surface area contributed by atoms with Crippen LogP contribution in [0.1, 0.15) is 12.8 Å². The second-order valence-electron chi connectivity index (χ2n) is 4.75. The number of carbonyl (C=O) groups is 2. The van der Waals surface area contributed by atoms with Crippen molar-refractivity contribution in [1.29, 1.82) is 0 Å². The van der Waals surface area contributed by atoms with Gasteiger partial charge in [-0.25, -0.2) is 0 Å². The number of hydrogen-bond donors (Lipinski definition) is 3. The molecule has 2 rings (SSSR count). The van der Waals surface area contributed by atoms with Crippen LogP contribution in [0.5, 0.6) is 0 Å². The standard InChI is InChI=1S/C14H19N3O3.ClH/c15-14(19)12-7-6-11(20-12)8-17-13(18)9-16-10-4-2-1-3-5-10;/h1-5,11-12,16H,6-9H2,(H2,15,19)(H,17,18);1H. The summed E-state index contributed by atoms with van der Waals surface area (Å²) in [6.45, 7) is 0.606. The van der Waals surface area contributed by atoms with Gasteiger partial charge in [0.05, 0.1) is 12.6 Å². The van der Waals surface area contributed by atoms with Crippen LogP contribution in [0.15, 0.2) is 30.3 Å². The van der Waals surface area contributed by atoms with E-state index in [9.17, 15) is 9.59 Å². The van der Waals surface area contributed by atoms with Gasteiger partial charge in [-0.2, -0.15) is 0 Å². The lowest BCUT2D eigenvalue weighted by Gasteiger charge is -2.13. The van der Waals surface area contributed by atoms with Crippen molar-refractivity contribution in [2.24, 2.45) is 5.73 Å². The maximum absolute atomic E-state index is 11.7. The Morgan fingerprint density at radius 1 is 1.24 bits per heavy atom. The van der Waals surface area contributed by atoms with Crippen LogP contribution in [-0.2, 0) is 14.3 Å². The van der Waals surface area contributed by atoms with E-state index >= 15 is 0 Å². The minimum atomic E-state index is -0.514. The number of ether oxygens (including phenoxy) is 1. The van der Waals surface area contributed by atoms with Crippen molar-refractivity contribution < 1.29 is 14.3 Å². The maximum Gasteiger partial charge on any atom is 0.246 e. The third kappa shape index (κ3) is 5.61. The first kappa shape index (κ1) is 17.3. The number of hydrogen-bond acceptors (Lipinski definition) is 4. The highest BCUT2D eigenvalue weighted by Crippen LogP contribution is 2.18. The van der Waals surface area contributed by atoms with Gasteiger partial charge in [-0.1, -0.05) is 18.2 Å². The second-order valence-corrected chi connectivity index (χ2v) is 4.75. The van der Waals surface area contributed by atoms with Gasteiger partial charge in [0.1, 0.15) is 6.10 Å². The van der Waals surface area contributed by atoms with Gasteiger partial charge in [-0.05, 0) is 25.0 Å². The first-order chi connectivity index (χ1) is 9.65. The van der Waals surface area contributed by atoms with Gasteiger partial charge >= 0.3 is 0 Å². The van der Waals surface area contributed by atoms with Crippen LogP contribution in [0, 0.1) is 0 Å². The lowest BCUT2D eigenvalue weighted by Crippen LogP contribution is -2.37. The Morgan fingerprint density at radius 2 is 1.95 bits per heavy atom. The summed E-state index contributed by atoms with van der Waals surface area (Å²) >= 11 is 0. The molecule has 2 amide bonds. The van der Waals surface area contributed by atoms with E-state index in [4.69, 9.17) is 10.5 Å². The minimum absolute atomic E-state index is 0. The van der Waals surface area contributed by atoms with Gasteiger partial charge in [0, 0.05) is 12.2 Å². The van der Waals surface area contributed by atoms with Crippen LogP contribution >= 0.6 is 12.4 Å². The maximum atomic E-state index is 11.7. The molecule has 1 fully saturated rings. The van der Waals surface area contributed by atoms with E-state index < -0.39 is 12.0 Å². The third-order valence-corrected chi connectivity index (χ3v) is 3.18. The number of amides is 2. The molecule has 0 spiro atoms. The molecule has 0 bridgehead atoms. The fourth-order valence-corrected chi connectivity index (χ4v) is 2.09. The molecule has 1 heterocycles. The van der Waals surface area contributed by atoms with Crippen molar-refractivity contribution in [3.63, 3.8) is 0 Å². The molecular formula is C14H20ClN3O3. The zero-order valence-corrected chi connectivity index (χ0v) is 12.4. The quantitative estimate of drug-likeness (QED) is 0.719. The van der Waals surface area contributed by atoms with Crippen LogP contribution in [0.25, 0.3) is 0 Å². The number of halogens is 1. The van der Waals surface area contributed by atoms with E-state index in [-0.39, 0.29) is 31.0 Å². The van der Waals surface area contributed by atoms with Crippen LogP contribution in [0.4, 0.5) is 5.69 Å². The number of nitrogens with one attached hydrogen (secondary N) is 2. The molecule has 4 N–H and O–H groups in total. The molecule has 1 aromatic carbocycles. The van der Waals surface area contributed by atoms with Crippen LogP contribution in [0.2, 0.25) is 0 Å². The normalized spacial score (nSPS) is 20.4. The first-order valence-electron chi connectivity index (χ1n) is 6.65. The molecule has 2 unspecified atom stereocenters. The molecule has 1 aliphatic heterocycles. The minimum Gasteiger partial charge on any atom is -0.376 e. The fraction of sp³-hybridized carbons (Fsp3) is 0.429. The smallest absolute Gasteiger partial charge is 0.246 e. The number of rotatable bonds is 6. The number of carbonyl (C=O) groups excluding carboxylic acids is 2. The van der Waals surface area contributed by atoms with Gasteiger partial charge in [-0.3, -0.25) is 9.59 Å². The number of anilines is 1. The van der Waals surface area contributed by atoms with Gasteiger partial charge in [0.2, 0.25) is 11.8 Å². The summed E-state index contributed by atoms with van der Waals surface area (Å²) < 4.78 is 5.43. The van der Waals surface area contributed by atoms with Gasteiger partial charge < -0.3 is 21.1 Å². The summed E-state index contributed by atoms with van der Waals surface area (Å²) in [6, 6.07) is 9.50. The highest BCUT2D eigenvalue weighted by molar-refractivity contribution is 5.85. The molecule has 0 radical (unpaired) electrons. The van der Waals surface area contributed by atoms with Crippen LogP contribution in [0.3, 0.4) is 0 Å². The predicted molar refractivity (Wildman–Crippen MR) is 82.3 cm³/mol. The molecule has 1 aliphatic rings. The Kier molecular flexibility index (Phi) is 6.98. The molecule has 0 aromatic heterocycles. The van der Waals surface area contributed by atoms with E-state index in [2.05, 4.69) is 10.6 Å². The average molecular weight is 314 g/mol. The van der Waals surface area contributed by atoms with Crippen LogP contribution < -0.4 is 16.4 Å². The van der Waals surface area contributed by atoms with Crippen molar-refractivity contribution in [1.82, 2.24) is 5.32 Å². The molecule has 2 atom stereocenters. The summed E-state index contributed by atoms with van der Waals surface area (Å²) in [5.74, 6) is -0.551. The third-order valence-electron chi connectivity index (χ3n) is 3.18. The van der Waals surface area contributed by atoms with Gasteiger partial charge in [-0.15, -0.1) is 12.4 Å². The predicted octanol–water partition coefficient (Wildman–Crippen LogP) is 0.669. The molecule has 0 saturated carbocycles. The Balaban J connectivity index is 0.00000220. The van der Waals surface area contributed by atoms with Crippen molar-refractivity contribution >= 4 is 29.9 Å². The number of para-hydroxylation sites is 1. The summed E-state index contributed by atoms with van der Waals surface area (Å²) in [7, 11) is 0. The van der Waals surface area contributed by atoms with Crippen molar-refractivity contribution in [3.8, 4) is 0 Å². The SMILES string of the molecule is Cl.NC(=O)C1CCC(CNC(=O)CNc2ccccc2)O1. The highest BCUT2D eigenvalue weighted by Gasteiger charge is 2.29. The number of nitrogens with two attached hydrogens (primary N) is 1. The molecular weight excluding hydrogens is 294 g/mol. The van der Waals surface area contributed by atoms with E-state index in [0.717, 1.165) is 12.1 Å². The van der Waals surface area contributed by atoms with E-state index in [1.54, 1.807) is 0 Å². The van der Waals surface area contributed by atoms with Gasteiger partial charge in [0.15, 0.2) is 0 Å². The second kappa shape index (κ2) is 8.49. The largest absolute Gasteiger partial charge is 0.376 e. The van der Waals surface area contributed by atoms with Crippen LogP contribution in [-0.4, -0.2) is 37.1 Å². The van der Waals surface area contributed by atoms with E-state index in [1.165, 1.54) is 0 Å². The Bertz CT molecular complexity index is 470. The molecule has 0 aliphatic carbocycles. The number of primary amides is 1. The zero-order chi connectivity index (χ0) is 14.4. The Hall–Kier alpha value is -1.79. The first-order valence-corrected chi connectivity index (χ1v) is 6.65. The zero-order valence-electron chi connectivity index (χ0n) is 11.6. The van der Waals surface area contributed by atoms with Gasteiger partial charge in [0.25, 0.3) is 0 Å². The molecule has 6 nitrogen and oxygen atoms in total. The summed E-state index contributed by atoms with van der Waals surface area (Å²) in [6.07, 6.45) is 0.713. The summed E-state index contributed by atoms with van der Waals surface area (Å²) in [5, 5.41) is 5.80. The monoisotopic (exact) mass is 313 g/mol. The Morgan fingerprint density at radius 3 is 2.57 bits per heavy atom. The molecule has 1 saturated heterocycles. The van der Waals surface area contributed by atoms with Crippen molar-refractivity contribution in [3.05, 3.63) is 30.3 Å². The number of benzene rings is 1. The summed E-state index contributed by atoms with van der Waals surface area (Å²) in [5.41, 5.74) is 6.06. The molecule has 116 valence electrons. The van der Waals surface area contributed by atoms with Crippen molar-refractivity contribution in [2.45, 2.75) is 25.0 Å². The lowest BCUT2D eigenvalue weighted by atomic mass is 10.2. The fourth-order valence-electron chi connectivity index (χ4n) is 2.09.